The first-order chi connectivity index (χ1) is 15.8. The van der Waals surface area contributed by atoms with Gasteiger partial charge in [0.15, 0.2) is 5.13 Å². The first-order valence-corrected chi connectivity index (χ1v) is 12.9. The van der Waals surface area contributed by atoms with Crippen molar-refractivity contribution in [1.82, 2.24) is 9.97 Å². The van der Waals surface area contributed by atoms with Crippen LogP contribution in [0.25, 0.3) is 20.4 Å². The van der Waals surface area contributed by atoms with Gasteiger partial charge in [-0.15, -0.1) is 11.3 Å². The molecule has 33 heavy (non-hydrogen) atoms. The van der Waals surface area contributed by atoms with Crippen LogP contribution < -0.4 is 15.8 Å². The topological polar surface area (TPSA) is 90.1 Å². The number of aryl methyl sites for hydroxylation is 1. The summed E-state index contributed by atoms with van der Waals surface area (Å²) in [6.45, 7) is 6.98. The Morgan fingerprint density at radius 3 is 2.85 bits per heavy atom. The van der Waals surface area contributed by atoms with Gasteiger partial charge in [0.2, 0.25) is 0 Å². The lowest BCUT2D eigenvalue weighted by Gasteiger charge is -2.36. The minimum Gasteiger partial charge on any atom is -0.497 e. The molecule has 3 aromatic heterocycles. The minimum absolute atomic E-state index is 0.246. The van der Waals surface area contributed by atoms with Crippen LogP contribution in [0.5, 0.6) is 5.75 Å². The van der Waals surface area contributed by atoms with Gasteiger partial charge in [0.05, 0.1) is 23.0 Å². The van der Waals surface area contributed by atoms with Crippen LogP contribution in [0.4, 0.5) is 10.8 Å². The molecule has 172 valence electrons. The number of thiazole rings is 1. The number of anilines is 2. The van der Waals surface area contributed by atoms with Gasteiger partial charge in [-0.05, 0) is 60.4 Å². The van der Waals surface area contributed by atoms with Crippen molar-refractivity contribution in [3.8, 4) is 5.75 Å². The monoisotopic (exact) mass is 480 g/mol. The van der Waals surface area contributed by atoms with Crippen molar-refractivity contribution < 1.29 is 9.53 Å². The number of amides is 1. The number of nitrogens with two attached hydrogens (primary N) is 1. The Morgan fingerprint density at radius 1 is 1.27 bits per heavy atom. The number of hydrogen-bond donors (Lipinski definition) is 2. The highest BCUT2D eigenvalue weighted by molar-refractivity contribution is 7.23. The van der Waals surface area contributed by atoms with Crippen LogP contribution in [0.1, 0.15) is 54.5 Å². The number of hydrogen-bond acceptors (Lipinski definition) is 7. The predicted octanol–water partition coefficient (Wildman–Crippen LogP) is 6.29. The molecule has 4 aromatic rings. The molecule has 3 N–H and O–H groups in total. The van der Waals surface area contributed by atoms with Crippen molar-refractivity contribution in [1.29, 1.82) is 0 Å². The summed E-state index contributed by atoms with van der Waals surface area (Å²) >= 11 is 2.77. The van der Waals surface area contributed by atoms with Crippen molar-refractivity contribution in [2.45, 2.75) is 46.5 Å². The predicted molar refractivity (Wildman–Crippen MR) is 138 cm³/mol. The average Bonchev–Trinajstić information content (AvgIpc) is 3.36. The van der Waals surface area contributed by atoms with Crippen LogP contribution in [0.2, 0.25) is 0 Å². The first kappa shape index (κ1) is 22.1. The quantitative estimate of drug-likeness (QED) is 0.350. The lowest BCUT2D eigenvalue weighted by atomic mass is 9.69. The van der Waals surface area contributed by atoms with Gasteiger partial charge in [-0.1, -0.05) is 38.5 Å². The molecular formula is C25H28N4O2S2. The smallest absolute Gasteiger partial charge is 0.269 e. The number of ether oxygens (including phenoxy) is 1. The Balaban J connectivity index is 1.43. The highest BCUT2D eigenvalue weighted by Gasteiger charge is 2.32. The van der Waals surface area contributed by atoms with Crippen LogP contribution in [-0.2, 0) is 12.8 Å². The number of methoxy groups -OCH3 is 1. The number of aromatic nitrogens is 2. The van der Waals surface area contributed by atoms with E-state index in [0.29, 0.717) is 27.0 Å². The van der Waals surface area contributed by atoms with E-state index in [1.54, 1.807) is 7.11 Å². The van der Waals surface area contributed by atoms with E-state index in [1.165, 1.54) is 28.2 Å². The summed E-state index contributed by atoms with van der Waals surface area (Å²) in [4.78, 5) is 23.8. The number of rotatable bonds is 5. The second-order valence-electron chi connectivity index (χ2n) is 9.38. The Hall–Kier alpha value is -2.71. The largest absolute Gasteiger partial charge is 0.497 e. The molecule has 0 spiro atoms. The second-order valence-corrected chi connectivity index (χ2v) is 11.4. The number of thiophene rings is 1. The highest BCUT2D eigenvalue weighted by Crippen LogP contribution is 2.42. The fourth-order valence-corrected chi connectivity index (χ4v) is 6.43. The van der Waals surface area contributed by atoms with Crippen LogP contribution in [0.15, 0.2) is 24.3 Å². The van der Waals surface area contributed by atoms with Gasteiger partial charge in [-0.25, -0.2) is 9.97 Å². The Labute approximate surface area is 201 Å². The third-order valence-electron chi connectivity index (χ3n) is 7.12. The molecule has 1 amide bonds. The summed E-state index contributed by atoms with van der Waals surface area (Å²) in [5.74, 6) is 1.15. The van der Waals surface area contributed by atoms with E-state index in [9.17, 15) is 4.79 Å². The minimum atomic E-state index is -0.246. The van der Waals surface area contributed by atoms with Crippen molar-refractivity contribution in [3.05, 3.63) is 40.4 Å². The van der Waals surface area contributed by atoms with Crippen LogP contribution in [-0.4, -0.2) is 23.0 Å². The molecule has 8 heteroatoms. The number of pyridine rings is 1. The lowest BCUT2D eigenvalue weighted by Crippen LogP contribution is -2.29. The number of carbonyl (C=O) groups excluding carboxylic acids is 1. The van der Waals surface area contributed by atoms with Crippen LogP contribution >= 0.6 is 22.7 Å². The zero-order chi connectivity index (χ0) is 23.3. The van der Waals surface area contributed by atoms with Gasteiger partial charge in [0.25, 0.3) is 5.91 Å². The van der Waals surface area contributed by atoms with Gasteiger partial charge in [0, 0.05) is 11.1 Å². The van der Waals surface area contributed by atoms with Gasteiger partial charge in [-0.3, -0.25) is 10.1 Å². The molecule has 1 atom stereocenters. The molecule has 6 nitrogen and oxygen atoms in total. The maximum atomic E-state index is 13.1. The number of nitrogens with one attached hydrogen (secondary N) is 1. The van der Waals surface area contributed by atoms with E-state index in [0.717, 1.165) is 57.6 Å². The number of carbonyl (C=O) groups is 1. The lowest BCUT2D eigenvalue weighted by molar-refractivity contribution is 0.103. The molecule has 5 rings (SSSR count). The van der Waals surface area contributed by atoms with E-state index >= 15 is 0 Å². The standard InChI is InChI=1S/C25H28N4O2S2/c1-5-25(2,3)14-6-8-17-13(10-14)11-16-20(26)21(33-23(16)27-17)22(30)29-24-28-18-9-7-15(31-4)12-19(18)32-24/h7,9,11-12,14H,5-6,8,10,26H2,1-4H3,(H,28,29,30)/t14-/m1/s1. The number of benzene rings is 1. The molecule has 0 saturated carbocycles. The molecule has 0 unspecified atom stereocenters. The molecule has 0 saturated heterocycles. The molecule has 0 aliphatic heterocycles. The van der Waals surface area contributed by atoms with Crippen molar-refractivity contribution in [2.75, 3.05) is 18.2 Å². The van der Waals surface area contributed by atoms with E-state index < -0.39 is 0 Å². The molecule has 1 aliphatic rings. The maximum absolute atomic E-state index is 13.1. The van der Waals surface area contributed by atoms with Crippen molar-refractivity contribution in [3.63, 3.8) is 0 Å². The first-order valence-electron chi connectivity index (χ1n) is 11.3. The summed E-state index contributed by atoms with van der Waals surface area (Å²) in [6.07, 6.45) is 4.31. The molecule has 0 fully saturated rings. The molecule has 3 heterocycles. The maximum Gasteiger partial charge on any atom is 0.269 e. The number of nitrogens with zero attached hydrogens (tertiary/aromatic N) is 2. The Kier molecular flexibility index (Phi) is 5.53. The third kappa shape index (κ3) is 3.95. The molecule has 1 aliphatic carbocycles. The van der Waals surface area contributed by atoms with Crippen LogP contribution in [0, 0.1) is 11.3 Å². The summed E-state index contributed by atoms with van der Waals surface area (Å²) in [5, 5.41) is 4.34. The molecular weight excluding hydrogens is 452 g/mol. The fraction of sp³-hybridized carbons (Fsp3) is 0.400. The van der Waals surface area contributed by atoms with Gasteiger partial charge >= 0.3 is 0 Å². The van der Waals surface area contributed by atoms with Crippen molar-refractivity contribution in [2.24, 2.45) is 11.3 Å². The fourth-order valence-electron chi connectivity index (χ4n) is 4.55. The second kappa shape index (κ2) is 8.25. The molecule has 0 radical (unpaired) electrons. The van der Waals surface area contributed by atoms with Gasteiger partial charge < -0.3 is 10.5 Å². The van der Waals surface area contributed by atoms with Gasteiger partial charge in [-0.2, -0.15) is 0 Å². The Morgan fingerprint density at radius 2 is 2.09 bits per heavy atom. The summed E-state index contributed by atoms with van der Waals surface area (Å²) in [6, 6.07) is 7.83. The Bertz CT molecular complexity index is 1370. The summed E-state index contributed by atoms with van der Waals surface area (Å²) in [7, 11) is 1.63. The average molecular weight is 481 g/mol. The number of fused-ring (bicyclic) bond motifs is 3. The normalized spacial score (nSPS) is 16.2. The van der Waals surface area contributed by atoms with Gasteiger partial charge in [0.1, 0.15) is 15.5 Å². The third-order valence-corrected chi connectivity index (χ3v) is 9.17. The zero-order valence-corrected chi connectivity index (χ0v) is 21.0. The van der Waals surface area contributed by atoms with Crippen LogP contribution in [0.3, 0.4) is 0 Å². The van der Waals surface area contributed by atoms with Crippen molar-refractivity contribution >= 4 is 59.8 Å². The summed E-state index contributed by atoms with van der Waals surface area (Å²) < 4.78 is 6.23. The summed E-state index contributed by atoms with van der Waals surface area (Å²) in [5.41, 5.74) is 10.5. The number of nitrogen functional groups attached to an aromatic ring is 1. The van der Waals surface area contributed by atoms with E-state index in [1.807, 2.05) is 18.2 Å². The zero-order valence-electron chi connectivity index (χ0n) is 19.3. The SMILES string of the molecule is CCC(C)(C)[C@@H]1CCc2nc3sc(C(=O)Nc4nc5ccc(OC)cc5s4)c(N)c3cc2C1. The molecule has 1 aromatic carbocycles. The highest BCUT2D eigenvalue weighted by atomic mass is 32.1. The van der Waals surface area contributed by atoms with E-state index in [-0.39, 0.29) is 5.91 Å². The molecule has 0 bridgehead atoms. The van der Waals surface area contributed by atoms with E-state index in [2.05, 4.69) is 37.1 Å². The van der Waals surface area contributed by atoms with E-state index in [4.69, 9.17) is 15.5 Å².